The highest BCUT2D eigenvalue weighted by molar-refractivity contribution is 5.81. The minimum Gasteiger partial charge on any atom is -0.328 e. The summed E-state index contributed by atoms with van der Waals surface area (Å²) < 4.78 is 0.791. The molecule has 6 heteroatoms. The van der Waals surface area contributed by atoms with Gasteiger partial charge in [-0.25, -0.2) is 14.9 Å². The number of aliphatic imine (C=N–C) groups is 1. The molecule has 0 bridgehead atoms. The van der Waals surface area contributed by atoms with Crippen LogP contribution >= 0.6 is 0 Å². The van der Waals surface area contributed by atoms with Gasteiger partial charge < -0.3 is 4.90 Å². The molecule has 6 nitrogen and oxygen atoms in total. The summed E-state index contributed by atoms with van der Waals surface area (Å²) in [7, 11) is 0. The van der Waals surface area contributed by atoms with Crippen LogP contribution in [0.2, 0.25) is 0 Å². The van der Waals surface area contributed by atoms with Crippen molar-refractivity contribution in [1.29, 1.82) is 0 Å². The Morgan fingerprint density at radius 1 is 1.06 bits per heavy atom. The Morgan fingerprint density at radius 3 is 2.66 bits per heavy atom. The summed E-state index contributed by atoms with van der Waals surface area (Å²) >= 11 is 0. The Bertz CT molecular complexity index is 1090. The van der Waals surface area contributed by atoms with Crippen molar-refractivity contribution in [2.24, 2.45) is 16.0 Å². The van der Waals surface area contributed by atoms with Crippen LogP contribution in [0.15, 0.2) is 76.6 Å². The number of hydrazone groups is 1. The van der Waals surface area contributed by atoms with Gasteiger partial charge >= 0.3 is 5.79 Å². The first kappa shape index (κ1) is 19.6. The molecule has 2 N–H and O–H groups in total. The van der Waals surface area contributed by atoms with Gasteiger partial charge in [0.05, 0.1) is 25.6 Å². The van der Waals surface area contributed by atoms with Crippen molar-refractivity contribution in [2.45, 2.75) is 44.4 Å². The number of likely N-dealkylation sites (N-methyl/N-ethyl adjacent to an activating group) is 1. The molecular formula is C26H31N6+. The summed E-state index contributed by atoms with van der Waals surface area (Å²) in [5.41, 5.74) is 8.36. The number of rotatable bonds is 4. The van der Waals surface area contributed by atoms with Gasteiger partial charge in [-0.15, -0.1) is 5.10 Å². The summed E-state index contributed by atoms with van der Waals surface area (Å²) in [6.45, 7) is 4.23. The lowest BCUT2D eigenvalue weighted by Gasteiger charge is -2.58. The number of piperazine rings is 1. The molecule has 2 fully saturated rings. The van der Waals surface area contributed by atoms with Crippen molar-refractivity contribution in [1.82, 2.24) is 10.7 Å². The maximum absolute atomic E-state index is 4.68. The standard InChI is InChI=1S/C26H31N6/c1-2-32-19-29-30-26(32)25(16-27-18-28-26)31(17-24(32)21-12-6-7-13-21)23-15-9-8-14-22(23)20-10-4-3-5-11-20/h3-5,8-11,14-16,18-19,21,24,30H,2,6-7,12-13,17H2,1H3,(H,27,28)/q+1/t24?,26?,32-/m0/s1. The molecular weight excluding hydrogens is 396 g/mol. The van der Waals surface area contributed by atoms with E-state index in [2.05, 4.69) is 93.6 Å². The highest BCUT2D eigenvalue weighted by Gasteiger charge is 2.67. The first-order chi connectivity index (χ1) is 15.8. The average Bonchev–Trinajstić information content (AvgIpc) is 3.52. The fourth-order valence-corrected chi connectivity index (χ4v) is 6.48. The number of para-hydroxylation sites is 1. The maximum atomic E-state index is 4.68. The van der Waals surface area contributed by atoms with Crippen LogP contribution in [0.25, 0.3) is 11.1 Å². The van der Waals surface area contributed by atoms with Gasteiger partial charge in [-0.05, 0) is 31.4 Å². The normalized spacial score (nSPS) is 31.0. The third-order valence-corrected chi connectivity index (χ3v) is 8.03. The van der Waals surface area contributed by atoms with Crippen molar-refractivity contribution >= 4 is 18.4 Å². The van der Waals surface area contributed by atoms with Crippen LogP contribution in [0.4, 0.5) is 5.69 Å². The molecule has 2 aromatic carbocycles. The van der Waals surface area contributed by atoms with Crippen molar-refractivity contribution in [3.63, 3.8) is 0 Å². The molecule has 164 valence electrons. The van der Waals surface area contributed by atoms with Gasteiger partial charge in [0.15, 0.2) is 0 Å². The maximum Gasteiger partial charge on any atom is 0.317 e. The molecule has 3 heterocycles. The number of hydrogen-bond donors (Lipinski definition) is 2. The lowest BCUT2D eigenvalue weighted by molar-refractivity contribution is -0.912. The molecule has 0 radical (unpaired) electrons. The smallest absolute Gasteiger partial charge is 0.317 e. The minimum atomic E-state index is -0.522. The summed E-state index contributed by atoms with van der Waals surface area (Å²) in [6, 6.07) is 19.9. The number of anilines is 1. The van der Waals surface area contributed by atoms with Crippen molar-refractivity contribution in [2.75, 3.05) is 18.0 Å². The van der Waals surface area contributed by atoms with Gasteiger partial charge in [0.2, 0.25) is 6.34 Å². The minimum absolute atomic E-state index is 0.446. The number of benzene rings is 2. The van der Waals surface area contributed by atoms with E-state index in [-0.39, 0.29) is 0 Å². The summed E-state index contributed by atoms with van der Waals surface area (Å²) in [6.07, 6.45) is 11.3. The summed E-state index contributed by atoms with van der Waals surface area (Å²) in [5.74, 6) is 0.165. The second kappa shape index (κ2) is 7.48. The summed E-state index contributed by atoms with van der Waals surface area (Å²) in [4.78, 5) is 7.04. The van der Waals surface area contributed by atoms with Crippen molar-refractivity contribution < 1.29 is 4.48 Å². The second-order valence-electron chi connectivity index (χ2n) is 9.36. The molecule has 3 aliphatic heterocycles. The monoisotopic (exact) mass is 427 g/mol. The van der Waals surface area contributed by atoms with Gasteiger partial charge in [0, 0.05) is 17.2 Å². The zero-order valence-electron chi connectivity index (χ0n) is 18.6. The second-order valence-corrected chi connectivity index (χ2v) is 9.36. The Kier molecular flexibility index (Phi) is 4.57. The van der Waals surface area contributed by atoms with E-state index < -0.39 is 5.79 Å². The van der Waals surface area contributed by atoms with E-state index in [4.69, 9.17) is 0 Å². The van der Waals surface area contributed by atoms with Gasteiger partial charge in [-0.2, -0.15) is 0 Å². The Morgan fingerprint density at radius 2 is 1.84 bits per heavy atom. The number of quaternary nitrogens is 1. The Balaban J connectivity index is 1.53. The van der Waals surface area contributed by atoms with E-state index in [0.29, 0.717) is 12.0 Å². The van der Waals surface area contributed by atoms with Gasteiger partial charge in [0.25, 0.3) is 0 Å². The van der Waals surface area contributed by atoms with E-state index >= 15 is 0 Å². The van der Waals surface area contributed by atoms with Gasteiger partial charge in [-0.3, -0.25) is 5.32 Å². The van der Waals surface area contributed by atoms with Crippen LogP contribution in [0, 0.1) is 5.92 Å². The molecule has 0 amide bonds. The number of hydrogen-bond acceptors (Lipinski definition) is 5. The van der Waals surface area contributed by atoms with E-state index in [1.165, 1.54) is 42.5 Å². The number of nitrogens with one attached hydrogen (secondary N) is 2. The zero-order chi connectivity index (χ0) is 21.6. The van der Waals surface area contributed by atoms with Crippen LogP contribution in [0.5, 0.6) is 0 Å². The molecule has 0 aromatic heterocycles. The molecule has 1 aliphatic carbocycles. The van der Waals surface area contributed by atoms with Crippen LogP contribution < -0.4 is 15.6 Å². The van der Waals surface area contributed by atoms with E-state index in [0.717, 1.165) is 23.3 Å². The fourth-order valence-electron chi connectivity index (χ4n) is 6.48. The lowest BCUT2D eigenvalue weighted by atomic mass is 9.87. The molecule has 6 rings (SSSR count). The predicted octanol–water partition coefficient (Wildman–Crippen LogP) is 4.24. The third kappa shape index (κ3) is 2.62. The molecule has 32 heavy (non-hydrogen) atoms. The van der Waals surface area contributed by atoms with E-state index in [1.807, 2.05) is 12.5 Å². The topological polar surface area (TPSA) is 52.0 Å². The molecule has 2 aromatic rings. The Labute approximate surface area is 189 Å². The first-order valence-corrected chi connectivity index (χ1v) is 11.9. The molecule has 1 saturated carbocycles. The van der Waals surface area contributed by atoms with Gasteiger partial charge in [-0.1, -0.05) is 61.4 Å². The van der Waals surface area contributed by atoms with Crippen LogP contribution in [-0.4, -0.2) is 42.1 Å². The Hall–Kier alpha value is -3.12. The summed E-state index contributed by atoms with van der Waals surface area (Å²) in [5, 5.41) is 8.32. The fraction of sp³-hybridized carbons (Fsp3) is 0.385. The molecule has 3 atom stereocenters. The van der Waals surface area contributed by atoms with Crippen molar-refractivity contribution in [3.05, 3.63) is 66.5 Å². The third-order valence-electron chi connectivity index (χ3n) is 8.03. The van der Waals surface area contributed by atoms with E-state index in [9.17, 15) is 0 Å². The largest absolute Gasteiger partial charge is 0.328 e. The molecule has 1 saturated heterocycles. The van der Waals surface area contributed by atoms with Crippen LogP contribution in [0.3, 0.4) is 0 Å². The lowest BCUT2D eigenvalue weighted by Crippen LogP contribution is -2.83. The van der Waals surface area contributed by atoms with Crippen molar-refractivity contribution in [3.8, 4) is 11.1 Å². The van der Waals surface area contributed by atoms with Crippen LogP contribution in [-0.2, 0) is 0 Å². The average molecular weight is 428 g/mol. The molecule has 4 aliphatic rings. The predicted molar refractivity (Wildman–Crippen MR) is 130 cm³/mol. The SMILES string of the molecule is CC[N@@+]12C=NNC13NC=NC=C3N(c1ccccc1-c1ccccc1)CC2C1CCCC1. The highest BCUT2D eigenvalue weighted by Crippen LogP contribution is 2.48. The van der Waals surface area contributed by atoms with Gasteiger partial charge in [0.1, 0.15) is 11.7 Å². The quantitative estimate of drug-likeness (QED) is 0.718. The zero-order valence-corrected chi connectivity index (χ0v) is 18.6. The first-order valence-electron chi connectivity index (χ1n) is 11.9. The highest BCUT2D eigenvalue weighted by atomic mass is 15.7. The molecule has 2 unspecified atom stereocenters. The van der Waals surface area contributed by atoms with Crippen LogP contribution in [0.1, 0.15) is 32.6 Å². The number of nitrogens with zero attached hydrogens (tertiary/aromatic N) is 4. The van der Waals surface area contributed by atoms with E-state index in [1.54, 1.807) is 0 Å². The molecule has 1 spiro atoms.